The third kappa shape index (κ3) is 6.52. The summed E-state index contributed by atoms with van der Waals surface area (Å²) >= 11 is 6.34. The normalized spacial score (nSPS) is 12.3. The molecule has 0 unspecified atom stereocenters. The van der Waals surface area contributed by atoms with Crippen LogP contribution in [0, 0.1) is 12.8 Å². The number of sulfonamides is 1. The predicted octanol–water partition coefficient (Wildman–Crippen LogP) is 5.98. The van der Waals surface area contributed by atoms with Crippen LogP contribution in [0.3, 0.4) is 0 Å². The summed E-state index contributed by atoms with van der Waals surface area (Å²) in [7, 11) is -2.20. The molecule has 180 valence electrons. The van der Waals surface area contributed by atoms with Gasteiger partial charge in [0.1, 0.15) is 5.75 Å². The molecule has 0 aromatic heterocycles. The quantitative estimate of drug-likeness (QED) is 0.378. The Balaban J connectivity index is 1.77. The standard InChI is InChI=1S/C26H29ClN2O4S/c1-17(2)15-25(19-7-10-21(33-4)11-8-19)28-26(30)20-9-14-24(23(27)16-20)29-34(31,32)22-12-5-18(3)6-13-22/h5-14,16-17,25,29H,15H2,1-4H3,(H,28,30)/t25-/m1/s1. The maximum Gasteiger partial charge on any atom is 0.261 e. The van der Waals surface area contributed by atoms with Crippen LogP contribution in [0.5, 0.6) is 5.75 Å². The minimum atomic E-state index is -3.81. The second kappa shape index (κ2) is 10.9. The molecule has 0 spiro atoms. The number of ether oxygens (including phenoxy) is 1. The Morgan fingerprint density at radius 3 is 2.21 bits per heavy atom. The molecule has 3 aromatic carbocycles. The number of methoxy groups -OCH3 is 1. The van der Waals surface area contributed by atoms with E-state index in [2.05, 4.69) is 23.9 Å². The van der Waals surface area contributed by atoms with Crippen LogP contribution in [0.15, 0.2) is 71.6 Å². The maximum atomic E-state index is 13.0. The molecular weight excluding hydrogens is 472 g/mol. The van der Waals surface area contributed by atoms with Gasteiger partial charge in [0.15, 0.2) is 0 Å². The zero-order valence-corrected chi connectivity index (χ0v) is 21.2. The highest BCUT2D eigenvalue weighted by Gasteiger charge is 2.20. The van der Waals surface area contributed by atoms with Gasteiger partial charge in [-0.1, -0.05) is 55.3 Å². The average molecular weight is 501 g/mol. The van der Waals surface area contributed by atoms with Gasteiger partial charge >= 0.3 is 0 Å². The highest BCUT2D eigenvalue weighted by atomic mass is 35.5. The fourth-order valence-electron chi connectivity index (χ4n) is 3.49. The molecule has 0 aliphatic carbocycles. The number of hydrogen-bond acceptors (Lipinski definition) is 4. The van der Waals surface area contributed by atoms with Crippen LogP contribution in [0.4, 0.5) is 5.69 Å². The minimum absolute atomic E-state index is 0.131. The van der Waals surface area contributed by atoms with Crippen molar-refractivity contribution in [1.82, 2.24) is 5.32 Å². The number of carbonyl (C=O) groups is 1. The molecule has 0 fully saturated rings. The molecule has 0 aliphatic rings. The fraction of sp³-hybridized carbons (Fsp3) is 0.269. The molecule has 34 heavy (non-hydrogen) atoms. The first-order valence-corrected chi connectivity index (χ1v) is 12.8. The number of amides is 1. The molecule has 0 aliphatic heterocycles. The lowest BCUT2D eigenvalue weighted by Gasteiger charge is -2.22. The monoisotopic (exact) mass is 500 g/mol. The lowest BCUT2D eigenvalue weighted by Crippen LogP contribution is -2.29. The fourth-order valence-corrected chi connectivity index (χ4v) is 4.85. The smallest absolute Gasteiger partial charge is 0.261 e. The van der Waals surface area contributed by atoms with Gasteiger partial charge in [0.2, 0.25) is 0 Å². The Bertz CT molecular complexity index is 1240. The molecule has 0 saturated heterocycles. The summed E-state index contributed by atoms with van der Waals surface area (Å²) in [6.07, 6.45) is 0.750. The van der Waals surface area contributed by atoms with E-state index in [0.717, 1.165) is 23.3 Å². The Labute approximate surface area is 206 Å². The molecule has 0 radical (unpaired) electrons. The number of hydrogen-bond donors (Lipinski definition) is 2. The number of carbonyl (C=O) groups excluding carboxylic acids is 1. The van der Waals surface area contributed by atoms with Gasteiger partial charge in [-0.25, -0.2) is 8.42 Å². The van der Waals surface area contributed by atoms with Crippen molar-refractivity contribution < 1.29 is 17.9 Å². The van der Waals surface area contributed by atoms with E-state index in [9.17, 15) is 13.2 Å². The third-order valence-corrected chi connectivity index (χ3v) is 7.03. The SMILES string of the molecule is COc1ccc([C@@H](CC(C)C)NC(=O)c2ccc(NS(=O)(=O)c3ccc(C)cc3)c(Cl)c2)cc1. The van der Waals surface area contributed by atoms with Crippen molar-refractivity contribution in [2.75, 3.05) is 11.8 Å². The highest BCUT2D eigenvalue weighted by Crippen LogP contribution is 2.28. The first-order valence-electron chi connectivity index (χ1n) is 10.9. The number of nitrogens with one attached hydrogen (secondary N) is 2. The molecule has 3 rings (SSSR count). The number of benzene rings is 3. The lowest BCUT2D eigenvalue weighted by atomic mass is 9.96. The minimum Gasteiger partial charge on any atom is -0.497 e. The van der Waals surface area contributed by atoms with E-state index < -0.39 is 10.0 Å². The zero-order valence-electron chi connectivity index (χ0n) is 19.6. The van der Waals surface area contributed by atoms with Gasteiger partial charge < -0.3 is 10.1 Å². The van der Waals surface area contributed by atoms with Crippen LogP contribution < -0.4 is 14.8 Å². The van der Waals surface area contributed by atoms with E-state index in [4.69, 9.17) is 16.3 Å². The molecule has 2 N–H and O–H groups in total. The molecular formula is C26H29ClN2O4S. The van der Waals surface area contributed by atoms with E-state index in [-0.39, 0.29) is 27.6 Å². The topological polar surface area (TPSA) is 84.5 Å². The molecule has 1 amide bonds. The summed E-state index contributed by atoms with van der Waals surface area (Å²) in [5.74, 6) is 0.805. The number of anilines is 1. The van der Waals surface area contributed by atoms with Gasteiger partial charge in [0.25, 0.3) is 15.9 Å². The zero-order chi connectivity index (χ0) is 24.9. The molecule has 1 atom stereocenters. The molecule has 8 heteroatoms. The number of rotatable bonds is 9. The van der Waals surface area contributed by atoms with E-state index >= 15 is 0 Å². The molecule has 0 saturated carbocycles. The Hall–Kier alpha value is -3.03. The number of aryl methyl sites for hydroxylation is 1. The number of halogens is 1. The first kappa shape index (κ1) is 25.6. The van der Waals surface area contributed by atoms with Crippen molar-refractivity contribution in [2.45, 2.75) is 38.1 Å². The largest absolute Gasteiger partial charge is 0.497 e. The van der Waals surface area contributed by atoms with Crippen LogP contribution in [-0.4, -0.2) is 21.4 Å². The van der Waals surface area contributed by atoms with Gasteiger partial charge in [-0.05, 0) is 67.3 Å². The average Bonchev–Trinajstić information content (AvgIpc) is 2.80. The summed E-state index contributed by atoms with van der Waals surface area (Å²) in [4.78, 5) is 13.1. The summed E-state index contributed by atoms with van der Waals surface area (Å²) in [5, 5.41) is 3.20. The van der Waals surface area contributed by atoms with E-state index in [1.165, 1.54) is 24.3 Å². The highest BCUT2D eigenvalue weighted by molar-refractivity contribution is 7.92. The van der Waals surface area contributed by atoms with Gasteiger partial charge in [-0.2, -0.15) is 0 Å². The van der Waals surface area contributed by atoms with Crippen molar-refractivity contribution in [2.24, 2.45) is 5.92 Å². The second-order valence-electron chi connectivity index (χ2n) is 8.54. The summed E-state index contributed by atoms with van der Waals surface area (Å²) in [6.45, 7) is 6.06. The second-order valence-corrected chi connectivity index (χ2v) is 10.6. The Kier molecular flexibility index (Phi) is 8.23. The van der Waals surface area contributed by atoms with Crippen molar-refractivity contribution >= 4 is 33.2 Å². The van der Waals surface area contributed by atoms with Gasteiger partial charge in [-0.3, -0.25) is 9.52 Å². The maximum absolute atomic E-state index is 13.0. The van der Waals surface area contributed by atoms with E-state index in [1.807, 2.05) is 31.2 Å². The summed E-state index contributed by atoms with van der Waals surface area (Å²) in [5.41, 5.74) is 2.47. The van der Waals surface area contributed by atoms with Crippen LogP contribution in [0.25, 0.3) is 0 Å². The van der Waals surface area contributed by atoms with Crippen LogP contribution >= 0.6 is 11.6 Å². The first-order chi connectivity index (χ1) is 16.1. The van der Waals surface area contributed by atoms with Gasteiger partial charge in [0.05, 0.1) is 28.8 Å². The summed E-state index contributed by atoms with van der Waals surface area (Å²) in [6, 6.07) is 18.4. The molecule has 0 heterocycles. The third-order valence-electron chi connectivity index (χ3n) is 5.34. The van der Waals surface area contributed by atoms with Crippen molar-refractivity contribution in [3.8, 4) is 5.75 Å². The van der Waals surface area contributed by atoms with Crippen LogP contribution in [0.2, 0.25) is 5.02 Å². The molecule has 0 bridgehead atoms. The lowest BCUT2D eigenvalue weighted by molar-refractivity contribution is 0.0932. The summed E-state index contributed by atoms with van der Waals surface area (Å²) < 4.78 is 33.1. The van der Waals surface area contributed by atoms with Crippen molar-refractivity contribution in [1.29, 1.82) is 0 Å². The predicted molar refractivity (Wildman–Crippen MR) is 136 cm³/mol. The van der Waals surface area contributed by atoms with Crippen molar-refractivity contribution in [3.63, 3.8) is 0 Å². The van der Waals surface area contributed by atoms with E-state index in [1.54, 1.807) is 25.3 Å². The van der Waals surface area contributed by atoms with Crippen molar-refractivity contribution in [3.05, 3.63) is 88.4 Å². The van der Waals surface area contributed by atoms with Crippen LogP contribution in [0.1, 0.15) is 47.8 Å². The Morgan fingerprint density at radius 2 is 1.65 bits per heavy atom. The molecule has 3 aromatic rings. The van der Waals surface area contributed by atoms with E-state index in [0.29, 0.717) is 11.5 Å². The van der Waals surface area contributed by atoms with Crippen LogP contribution in [-0.2, 0) is 10.0 Å². The van der Waals surface area contributed by atoms with Gasteiger partial charge in [0, 0.05) is 5.56 Å². The van der Waals surface area contributed by atoms with Gasteiger partial charge in [-0.15, -0.1) is 0 Å². The molecule has 6 nitrogen and oxygen atoms in total. The Morgan fingerprint density at radius 1 is 1.00 bits per heavy atom.